The number of thiocarbonyl (C=S) groups is 1. The molecule has 1 rings (SSSR count). The summed E-state index contributed by atoms with van der Waals surface area (Å²) in [5.41, 5.74) is 5.45. The van der Waals surface area contributed by atoms with Gasteiger partial charge in [-0.3, -0.25) is 0 Å². The lowest BCUT2D eigenvalue weighted by molar-refractivity contribution is 0.180. The van der Waals surface area contributed by atoms with Crippen molar-refractivity contribution in [1.29, 1.82) is 0 Å². The summed E-state index contributed by atoms with van der Waals surface area (Å²) < 4.78 is 5.20. The van der Waals surface area contributed by atoms with E-state index in [2.05, 4.69) is 5.32 Å². The van der Waals surface area contributed by atoms with Crippen molar-refractivity contribution in [2.24, 2.45) is 5.73 Å². The number of rotatable bonds is 5. The Kier molecular flexibility index (Phi) is 5.48. The Bertz CT molecular complexity index is 254. The van der Waals surface area contributed by atoms with Crippen molar-refractivity contribution in [2.45, 2.75) is 25.8 Å². The van der Waals surface area contributed by atoms with E-state index in [4.69, 9.17) is 22.7 Å². The van der Waals surface area contributed by atoms with Gasteiger partial charge in [0.2, 0.25) is 0 Å². The molecule has 2 amide bonds. The van der Waals surface area contributed by atoms with Crippen molar-refractivity contribution in [3.8, 4) is 0 Å². The van der Waals surface area contributed by atoms with E-state index in [1.807, 2.05) is 6.92 Å². The summed E-state index contributed by atoms with van der Waals surface area (Å²) in [6, 6.07) is 0.0170. The second kappa shape index (κ2) is 6.65. The number of nitrogens with two attached hydrogens (primary N) is 1. The van der Waals surface area contributed by atoms with Gasteiger partial charge in [0.25, 0.3) is 0 Å². The smallest absolute Gasteiger partial charge is 0.318 e. The van der Waals surface area contributed by atoms with Crippen LogP contribution in [0, 0.1) is 0 Å². The molecule has 92 valence electrons. The fourth-order valence-electron chi connectivity index (χ4n) is 1.62. The SMILES string of the molecule is CCCN(CC(N)=S)C(=O)NC1CCOC1. The number of carbonyl (C=O) groups excluding carboxylic acids is 1. The van der Waals surface area contributed by atoms with E-state index in [1.54, 1.807) is 4.90 Å². The van der Waals surface area contributed by atoms with Gasteiger partial charge in [0, 0.05) is 13.2 Å². The molecule has 0 aliphatic carbocycles. The molecule has 0 spiro atoms. The van der Waals surface area contributed by atoms with Crippen LogP contribution in [0.15, 0.2) is 0 Å². The summed E-state index contributed by atoms with van der Waals surface area (Å²) in [5, 5.41) is 2.92. The molecule has 1 aliphatic rings. The van der Waals surface area contributed by atoms with Gasteiger partial charge >= 0.3 is 6.03 Å². The van der Waals surface area contributed by atoms with Gasteiger partial charge < -0.3 is 20.7 Å². The predicted molar refractivity (Wildman–Crippen MR) is 66.4 cm³/mol. The van der Waals surface area contributed by atoms with Gasteiger partial charge in [0.05, 0.1) is 24.2 Å². The van der Waals surface area contributed by atoms with E-state index in [1.165, 1.54) is 0 Å². The molecule has 5 nitrogen and oxygen atoms in total. The molecular formula is C10H19N3O2S. The molecule has 0 aromatic rings. The molecule has 1 unspecified atom stereocenters. The van der Waals surface area contributed by atoms with Crippen molar-refractivity contribution in [1.82, 2.24) is 10.2 Å². The average Bonchev–Trinajstić information content (AvgIpc) is 2.69. The molecule has 0 radical (unpaired) electrons. The third-order valence-electron chi connectivity index (χ3n) is 2.38. The maximum absolute atomic E-state index is 11.9. The molecular weight excluding hydrogens is 226 g/mol. The maximum Gasteiger partial charge on any atom is 0.318 e. The van der Waals surface area contributed by atoms with Gasteiger partial charge in [-0.2, -0.15) is 0 Å². The predicted octanol–water partition coefficient (Wildman–Crippen LogP) is 0.483. The molecule has 0 saturated carbocycles. The molecule has 1 atom stereocenters. The lowest BCUT2D eigenvalue weighted by atomic mass is 10.3. The van der Waals surface area contributed by atoms with Crippen LogP contribution < -0.4 is 11.1 Å². The normalized spacial score (nSPS) is 19.4. The highest BCUT2D eigenvalue weighted by molar-refractivity contribution is 7.80. The van der Waals surface area contributed by atoms with E-state index >= 15 is 0 Å². The van der Waals surface area contributed by atoms with Gasteiger partial charge in [-0.25, -0.2) is 4.79 Å². The summed E-state index contributed by atoms with van der Waals surface area (Å²) in [7, 11) is 0. The molecule has 0 aromatic carbocycles. The number of ether oxygens (including phenoxy) is 1. The number of carbonyl (C=O) groups is 1. The van der Waals surface area contributed by atoms with Crippen LogP contribution in [0.5, 0.6) is 0 Å². The quantitative estimate of drug-likeness (QED) is 0.691. The summed E-state index contributed by atoms with van der Waals surface area (Å²) in [5.74, 6) is 0. The maximum atomic E-state index is 11.9. The second-order valence-electron chi connectivity index (χ2n) is 3.90. The molecule has 3 N–H and O–H groups in total. The first-order chi connectivity index (χ1) is 7.63. The first-order valence-corrected chi connectivity index (χ1v) is 5.95. The fourth-order valence-corrected chi connectivity index (χ4v) is 1.78. The highest BCUT2D eigenvalue weighted by atomic mass is 32.1. The first-order valence-electron chi connectivity index (χ1n) is 5.55. The minimum Gasteiger partial charge on any atom is -0.392 e. The number of hydrogen-bond acceptors (Lipinski definition) is 3. The van der Waals surface area contributed by atoms with E-state index in [0.717, 1.165) is 12.8 Å². The Morgan fingerprint density at radius 2 is 2.44 bits per heavy atom. The molecule has 1 heterocycles. The standard InChI is InChI=1S/C10H19N3O2S/c1-2-4-13(6-9(11)16)10(14)12-8-3-5-15-7-8/h8H,2-7H2,1H3,(H2,11,16)(H,12,14). The summed E-state index contributed by atoms with van der Waals surface area (Å²) in [6.45, 7) is 4.32. The van der Waals surface area contributed by atoms with Gasteiger partial charge in [0.1, 0.15) is 0 Å². The third kappa shape index (κ3) is 4.32. The van der Waals surface area contributed by atoms with Gasteiger partial charge in [0.15, 0.2) is 0 Å². The Labute approximate surface area is 101 Å². The lowest BCUT2D eigenvalue weighted by Gasteiger charge is -2.23. The number of urea groups is 1. The first kappa shape index (κ1) is 13.2. The van der Waals surface area contributed by atoms with E-state index in [9.17, 15) is 4.79 Å². The zero-order chi connectivity index (χ0) is 12.0. The van der Waals surface area contributed by atoms with Crippen molar-refractivity contribution < 1.29 is 9.53 Å². The van der Waals surface area contributed by atoms with Crippen LogP contribution in [0.3, 0.4) is 0 Å². The Balaban J connectivity index is 2.42. The minimum absolute atomic E-state index is 0.106. The van der Waals surface area contributed by atoms with Crippen LogP contribution in [0.4, 0.5) is 4.79 Å². The molecule has 6 heteroatoms. The highest BCUT2D eigenvalue weighted by Gasteiger charge is 2.21. The van der Waals surface area contributed by atoms with E-state index in [-0.39, 0.29) is 12.1 Å². The minimum atomic E-state index is -0.106. The van der Waals surface area contributed by atoms with Crippen molar-refractivity contribution in [3.63, 3.8) is 0 Å². The van der Waals surface area contributed by atoms with Crippen LogP contribution in [0.25, 0.3) is 0 Å². The van der Waals surface area contributed by atoms with Crippen LogP contribution in [-0.4, -0.2) is 48.3 Å². The van der Waals surface area contributed by atoms with Crippen LogP contribution >= 0.6 is 12.2 Å². The highest BCUT2D eigenvalue weighted by Crippen LogP contribution is 2.04. The van der Waals surface area contributed by atoms with Crippen LogP contribution in [-0.2, 0) is 4.74 Å². The van der Waals surface area contributed by atoms with E-state index in [0.29, 0.717) is 31.3 Å². The van der Waals surface area contributed by atoms with Crippen LogP contribution in [0.1, 0.15) is 19.8 Å². The third-order valence-corrected chi connectivity index (χ3v) is 2.51. The number of hydrogen-bond donors (Lipinski definition) is 2. The molecule has 1 fully saturated rings. The summed E-state index contributed by atoms with van der Waals surface area (Å²) in [4.78, 5) is 13.8. The second-order valence-corrected chi connectivity index (χ2v) is 4.42. The number of nitrogens with one attached hydrogen (secondary N) is 1. The average molecular weight is 245 g/mol. The molecule has 0 bridgehead atoms. The van der Waals surface area contributed by atoms with Crippen molar-refractivity contribution in [2.75, 3.05) is 26.3 Å². The van der Waals surface area contributed by atoms with Gasteiger partial charge in [-0.05, 0) is 12.8 Å². The Morgan fingerprint density at radius 3 is 2.94 bits per heavy atom. The monoisotopic (exact) mass is 245 g/mol. The van der Waals surface area contributed by atoms with Crippen molar-refractivity contribution in [3.05, 3.63) is 0 Å². The Morgan fingerprint density at radius 1 is 1.69 bits per heavy atom. The summed E-state index contributed by atoms with van der Waals surface area (Å²) >= 11 is 4.82. The lowest BCUT2D eigenvalue weighted by Crippen LogP contribution is -2.47. The molecule has 1 aliphatic heterocycles. The molecule has 0 aromatic heterocycles. The van der Waals surface area contributed by atoms with Crippen LogP contribution in [0.2, 0.25) is 0 Å². The summed E-state index contributed by atoms with van der Waals surface area (Å²) in [6.07, 6.45) is 1.76. The zero-order valence-corrected chi connectivity index (χ0v) is 10.4. The van der Waals surface area contributed by atoms with Gasteiger partial charge in [-0.15, -0.1) is 0 Å². The topological polar surface area (TPSA) is 67.6 Å². The zero-order valence-electron chi connectivity index (χ0n) is 9.57. The largest absolute Gasteiger partial charge is 0.392 e. The van der Waals surface area contributed by atoms with E-state index < -0.39 is 0 Å². The molecule has 16 heavy (non-hydrogen) atoms. The fraction of sp³-hybridized carbons (Fsp3) is 0.800. The Hall–Kier alpha value is -0.880. The number of nitrogens with zero attached hydrogens (tertiary/aromatic N) is 1. The molecule has 1 saturated heterocycles. The van der Waals surface area contributed by atoms with Gasteiger partial charge in [-0.1, -0.05) is 19.1 Å². The van der Waals surface area contributed by atoms with Crippen molar-refractivity contribution >= 4 is 23.2 Å². The number of amides is 2.